The van der Waals surface area contributed by atoms with Crippen molar-refractivity contribution in [2.45, 2.75) is 109 Å². The third-order valence-corrected chi connectivity index (χ3v) is 15.1. The molecule has 2 saturated heterocycles. The van der Waals surface area contributed by atoms with Crippen LogP contribution in [-0.2, 0) is 20.0 Å². The van der Waals surface area contributed by atoms with Gasteiger partial charge < -0.3 is 20.6 Å². The van der Waals surface area contributed by atoms with Gasteiger partial charge in [-0.15, -0.1) is 11.3 Å². The highest BCUT2D eigenvalue weighted by Crippen LogP contribution is 2.54. The van der Waals surface area contributed by atoms with Gasteiger partial charge in [0.05, 0.1) is 32.0 Å². The Morgan fingerprint density at radius 2 is 1.68 bits per heavy atom. The molecule has 14 nitrogen and oxygen atoms in total. The number of hydrogen-bond acceptors (Lipinski definition) is 11. The Morgan fingerprint density at radius 3 is 2.39 bits per heavy atom. The molecule has 4 fully saturated rings. The number of nitrogens with one attached hydrogen (secondary N) is 3. The molecule has 1 spiro atoms. The second kappa shape index (κ2) is 16.3. The third kappa shape index (κ3) is 8.00. The maximum absolute atomic E-state index is 13.8. The topological polar surface area (TPSA) is 191 Å². The standard InChI is InChI=1S/C47H53N7O7S/c1-26-6-4-9-33(49-26)40(56)50-34-23-37-35(22-31(34)46(2,3)61)51-42(62-37)28-10-12-29(13-11-28)43(58)53-20-17-47(18-21-53)24-27(25-47)16-19-48-32-8-5-7-30-39(32)45(60)54(44(30)59)36-14-15-38(55)52-41(36)57/h4-9,22-23,27-29,36,48,61H,10-21,24-25H2,1-3H3,(H,50,56)(H,52,55,57)/t28-,29-,36?. The smallest absolute Gasteiger partial charge is 0.274 e. The van der Waals surface area contributed by atoms with Crippen molar-refractivity contribution in [3.63, 3.8) is 0 Å². The van der Waals surface area contributed by atoms with Gasteiger partial charge >= 0.3 is 0 Å². The zero-order valence-corrected chi connectivity index (χ0v) is 36.2. The normalized spacial score (nSPS) is 22.7. The highest BCUT2D eigenvalue weighted by molar-refractivity contribution is 7.18. The quantitative estimate of drug-likeness (QED) is 0.125. The van der Waals surface area contributed by atoms with Crippen LogP contribution in [0, 0.1) is 24.2 Å². The van der Waals surface area contributed by atoms with Crippen LogP contribution in [0.4, 0.5) is 11.4 Å². The summed E-state index contributed by atoms with van der Waals surface area (Å²) in [5.41, 5.74) is 3.16. The van der Waals surface area contributed by atoms with Gasteiger partial charge in [-0.05, 0) is 133 Å². The molecular weight excluding hydrogens is 807 g/mol. The summed E-state index contributed by atoms with van der Waals surface area (Å²) in [5.74, 6) is -1.29. The fourth-order valence-corrected chi connectivity index (χ4v) is 11.7. The van der Waals surface area contributed by atoms with Gasteiger partial charge in [-0.1, -0.05) is 12.1 Å². The first-order valence-corrected chi connectivity index (χ1v) is 22.8. The largest absolute Gasteiger partial charge is 0.386 e. The van der Waals surface area contributed by atoms with Crippen LogP contribution < -0.4 is 16.0 Å². The lowest BCUT2D eigenvalue weighted by Gasteiger charge is -2.53. The number of pyridine rings is 1. The van der Waals surface area contributed by atoms with Crippen LogP contribution in [0.1, 0.15) is 138 Å². The molecule has 5 aliphatic rings. The van der Waals surface area contributed by atoms with Gasteiger partial charge in [-0.25, -0.2) is 9.97 Å². The number of nitrogens with zero attached hydrogens (tertiary/aromatic N) is 4. The van der Waals surface area contributed by atoms with Crippen molar-refractivity contribution in [2.24, 2.45) is 17.3 Å². The summed E-state index contributed by atoms with van der Waals surface area (Å²) < 4.78 is 0.934. The molecule has 15 heteroatoms. The van der Waals surface area contributed by atoms with Crippen molar-refractivity contribution < 1.29 is 33.9 Å². The van der Waals surface area contributed by atoms with E-state index in [1.807, 2.05) is 25.1 Å². The molecule has 2 aromatic carbocycles. The van der Waals surface area contributed by atoms with Crippen LogP contribution in [0.3, 0.4) is 0 Å². The molecule has 9 rings (SSSR count). The molecule has 0 bridgehead atoms. The van der Waals surface area contributed by atoms with E-state index < -0.39 is 35.3 Å². The summed E-state index contributed by atoms with van der Waals surface area (Å²) in [6, 6.07) is 13.2. The van der Waals surface area contributed by atoms with Gasteiger partial charge in [-0.3, -0.25) is 39.0 Å². The van der Waals surface area contributed by atoms with Crippen molar-refractivity contribution in [2.75, 3.05) is 30.3 Å². The van der Waals surface area contributed by atoms with Gasteiger partial charge in [-0.2, -0.15) is 0 Å². The average molecular weight is 860 g/mol. The summed E-state index contributed by atoms with van der Waals surface area (Å²) in [5, 5.41) is 20.7. The van der Waals surface area contributed by atoms with E-state index in [1.165, 1.54) is 0 Å². The summed E-state index contributed by atoms with van der Waals surface area (Å²) in [6.07, 6.45) is 8.82. The minimum Gasteiger partial charge on any atom is -0.386 e. The summed E-state index contributed by atoms with van der Waals surface area (Å²) in [7, 11) is 0. The molecule has 62 heavy (non-hydrogen) atoms. The van der Waals surface area contributed by atoms with Crippen LogP contribution in [0.5, 0.6) is 0 Å². The van der Waals surface area contributed by atoms with Crippen LogP contribution in [0.2, 0.25) is 0 Å². The second-order valence-electron chi connectivity index (χ2n) is 18.6. The zero-order valence-electron chi connectivity index (χ0n) is 35.4. The highest BCUT2D eigenvalue weighted by atomic mass is 32.1. The molecule has 2 saturated carbocycles. The Labute approximate surface area is 364 Å². The number of amides is 6. The van der Waals surface area contributed by atoms with Gasteiger partial charge in [0.1, 0.15) is 11.7 Å². The number of piperidine rings is 2. The predicted octanol–water partition coefficient (Wildman–Crippen LogP) is 6.68. The number of thiazole rings is 1. The molecule has 324 valence electrons. The lowest BCUT2D eigenvalue weighted by Crippen LogP contribution is -2.54. The first-order valence-electron chi connectivity index (χ1n) is 22.0. The second-order valence-corrected chi connectivity index (χ2v) is 19.7. The van der Waals surface area contributed by atoms with Crippen molar-refractivity contribution in [1.29, 1.82) is 0 Å². The van der Waals surface area contributed by atoms with Gasteiger partial charge in [0.25, 0.3) is 17.7 Å². The SMILES string of the molecule is Cc1cccc(C(=O)Nc2cc3sc([C@H]4CC[C@H](C(=O)N5CCC6(CC5)CC(CCNc5cccc7c5C(=O)N(C5CCC(=O)NC5=O)C7=O)C6)CC4)nc3cc2C(C)(C)O)n1. The van der Waals surface area contributed by atoms with E-state index in [-0.39, 0.29) is 53.0 Å². The lowest BCUT2D eigenvalue weighted by atomic mass is 9.57. The Balaban J connectivity index is 0.740. The Morgan fingerprint density at radius 1 is 0.935 bits per heavy atom. The molecule has 1 atom stereocenters. The number of aryl methyl sites for hydroxylation is 1. The van der Waals surface area contributed by atoms with Crippen molar-refractivity contribution >= 4 is 68.4 Å². The van der Waals surface area contributed by atoms with Crippen molar-refractivity contribution in [3.8, 4) is 0 Å². The number of imide groups is 2. The predicted molar refractivity (Wildman–Crippen MR) is 234 cm³/mol. The van der Waals surface area contributed by atoms with E-state index in [4.69, 9.17) is 4.98 Å². The number of carbonyl (C=O) groups excluding carboxylic acids is 6. The molecule has 0 radical (unpaired) electrons. The minimum absolute atomic E-state index is 0.0199. The van der Waals surface area contributed by atoms with E-state index in [1.54, 1.807) is 55.5 Å². The number of benzene rings is 2. The Hall–Kier alpha value is -5.54. The van der Waals surface area contributed by atoms with Crippen LogP contribution in [0.15, 0.2) is 48.5 Å². The molecular formula is C47H53N7O7S. The van der Waals surface area contributed by atoms with Crippen LogP contribution in [-0.4, -0.2) is 86.0 Å². The molecule has 4 N–H and O–H groups in total. The Bertz CT molecular complexity index is 2490. The monoisotopic (exact) mass is 859 g/mol. The number of carbonyl (C=O) groups is 6. The average Bonchev–Trinajstić information content (AvgIpc) is 3.77. The van der Waals surface area contributed by atoms with Gasteiger partial charge in [0.15, 0.2) is 0 Å². The third-order valence-electron chi connectivity index (χ3n) is 13.9. The molecule has 2 aliphatic carbocycles. The maximum Gasteiger partial charge on any atom is 0.274 e. The number of anilines is 2. The van der Waals surface area contributed by atoms with Crippen molar-refractivity contribution in [1.82, 2.24) is 25.1 Å². The number of aromatic nitrogens is 2. The fourth-order valence-electron chi connectivity index (χ4n) is 10.5. The number of hydrogen-bond donors (Lipinski definition) is 4. The minimum atomic E-state index is -1.21. The van der Waals surface area contributed by atoms with Gasteiger partial charge in [0, 0.05) is 60.5 Å². The highest BCUT2D eigenvalue weighted by Gasteiger charge is 2.48. The summed E-state index contributed by atoms with van der Waals surface area (Å²) in [6.45, 7) is 7.46. The van der Waals surface area contributed by atoms with Crippen molar-refractivity contribution in [3.05, 3.63) is 81.6 Å². The first-order chi connectivity index (χ1) is 29.7. The van der Waals surface area contributed by atoms with E-state index in [2.05, 4.69) is 25.8 Å². The first kappa shape index (κ1) is 41.8. The lowest BCUT2D eigenvalue weighted by molar-refractivity contribution is -0.141. The molecule has 1 unspecified atom stereocenters. The van der Waals surface area contributed by atoms with E-state index in [0.29, 0.717) is 35.1 Å². The number of likely N-dealkylation sites (tertiary alicyclic amines) is 1. The molecule has 3 aliphatic heterocycles. The van der Waals surface area contributed by atoms with E-state index in [9.17, 15) is 33.9 Å². The Kier molecular flexibility index (Phi) is 11.0. The number of fused-ring (bicyclic) bond motifs is 2. The van der Waals surface area contributed by atoms with Gasteiger partial charge in [0.2, 0.25) is 17.7 Å². The summed E-state index contributed by atoms with van der Waals surface area (Å²) in [4.78, 5) is 90.2. The molecule has 4 aromatic rings. The number of rotatable bonds is 10. The van der Waals surface area contributed by atoms with Crippen LogP contribution in [0.25, 0.3) is 10.2 Å². The van der Waals surface area contributed by atoms with E-state index >= 15 is 0 Å². The fraction of sp³-hybridized carbons (Fsp3) is 0.489. The molecule has 6 amide bonds. The zero-order chi connectivity index (χ0) is 43.5. The number of aliphatic hydroxyl groups is 1. The molecule has 2 aromatic heterocycles. The van der Waals surface area contributed by atoms with E-state index in [0.717, 1.165) is 96.7 Å². The maximum atomic E-state index is 13.8. The summed E-state index contributed by atoms with van der Waals surface area (Å²) >= 11 is 1.62. The van der Waals surface area contributed by atoms with Crippen LogP contribution >= 0.6 is 11.3 Å². The molecule has 5 heterocycles.